The third-order valence-electron chi connectivity index (χ3n) is 3.09. The van der Waals surface area contributed by atoms with Crippen molar-refractivity contribution in [2.75, 3.05) is 31.6 Å². The van der Waals surface area contributed by atoms with Gasteiger partial charge >= 0.3 is 0 Å². The van der Waals surface area contributed by atoms with Gasteiger partial charge in [-0.1, -0.05) is 4.49 Å². The topological polar surface area (TPSA) is 87.4 Å². The number of anilines is 1. The van der Waals surface area contributed by atoms with Gasteiger partial charge in [-0.15, -0.1) is 5.10 Å². The van der Waals surface area contributed by atoms with E-state index in [9.17, 15) is 4.79 Å². The first kappa shape index (κ1) is 13.2. The van der Waals surface area contributed by atoms with Crippen molar-refractivity contribution in [2.24, 2.45) is 5.84 Å². The van der Waals surface area contributed by atoms with Gasteiger partial charge < -0.3 is 10.3 Å². The van der Waals surface area contributed by atoms with E-state index in [1.54, 1.807) is 6.92 Å². The lowest BCUT2D eigenvalue weighted by atomic mass is 10.3. The number of carbonyl (C=O) groups excluding carboxylic acids is 1. The average molecular weight is 270 g/mol. The number of hydrogen-bond acceptors (Lipinski definition) is 7. The van der Waals surface area contributed by atoms with Gasteiger partial charge in [-0.3, -0.25) is 9.69 Å². The number of aromatic nitrogens is 2. The molecule has 0 saturated carbocycles. The highest BCUT2D eigenvalue weighted by Gasteiger charge is 2.18. The maximum atomic E-state index is 11.3. The van der Waals surface area contributed by atoms with Crippen LogP contribution in [0, 0.1) is 0 Å². The number of hydrazine groups is 1. The summed E-state index contributed by atoms with van der Waals surface area (Å²) in [6.45, 7) is 5.78. The number of amides is 1. The number of carbonyl (C=O) groups is 1. The van der Waals surface area contributed by atoms with Gasteiger partial charge in [-0.2, -0.15) is 0 Å². The van der Waals surface area contributed by atoms with E-state index in [0.29, 0.717) is 0 Å². The van der Waals surface area contributed by atoms with Crippen LogP contribution in [-0.4, -0.2) is 51.5 Å². The van der Waals surface area contributed by atoms with E-state index in [4.69, 9.17) is 5.84 Å². The quantitative estimate of drug-likeness (QED) is 0.588. The molecule has 1 aliphatic heterocycles. The summed E-state index contributed by atoms with van der Waals surface area (Å²) in [5, 5.41) is 4.88. The molecule has 0 aromatic carbocycles. The largest absolute Gasteiger partial charge is 0.342 e. The van der Waals surface area contributed by atoms with Gasteiger partial charge in [0, 0.05) is 51.2 Å². The standard InChI is InChI=1S/C10H18N6OS/c1-8(17)16-4-2-3-15(5-6-16)7-9-10(12-11)18-14-13-9/h12H,2-7,11H2,1H3. The van der Waals surface area contributed by atoms with Crippen LogP contribution in [0.1, 0.15) is 19.0 Å². The molecule has 1 aliphatic rings. The molecular weight excluding hydrogens is 252 g/mol. The van der Waals surface area contributed by atoms with Crippen LogP contribution < -0.4 is 11.3 Å². The Labute approximate surface area is 110 Å². The molecule has 2 heterocycles. The van der Waals surface area contributed by atoms with Crippen LogP contribution in [0.15, 0.2) is 0 Å². The number of nitrogens with zero attached hydrogens (tertiary/aromatic N) is 4. The average Bonchev–Trinajstić information content (AvgIpc) is 2.65. The highest BCUT2D eigenvalue weighted by Crippen LogP contribution is 2.18. The van der Waals surface area contributed by atoms with E-state index in [1.165, 1.54) is 11.5 Å². The van der Waals surface area contributed by atoms with Gasteiger partial charge in [-0.25, -0.2) is 5.84 Å². The minimum atomic E-state index is 0.150. The Bertz CT molecular complexity index is 409. The van der Waals surface area contributed by atoms with Crippen LogP contribution in [0.4, 0.5) is 5.00 Å². The third kappa shape index (κ3) is 3.15. The summed E-state index contributed by atoms with van der Waals surface area (Å²) < 4.78 is 3.88. The first-order valence-corrected chi connectivity index (χ1v) is 6.73. The zero-order valence-electron chi connectivity index (χ0n) is 10.4. The number of rotatable bonds is 3. The maximum Gasteiger partial charge on any atom is 0.219 e. The molecule has 3 N–H and O–H groups in total. The van der Waals surface area contributed by atoms with Crippen LogP contribution in [0.3, 0.4) is 0 Å². The number of nitrogens with one attached hydrogen (secondary N) is 1. The van der Waals surface area contributed by atoms with Crippen molar-refractivity contribution < 1.29 is 4.79 Å². The second kappa shape index (κ2) is 6.07. The zero-order valence-corrected chi connectivity index (χ0v) is 11.2. The van der Waals surface area contributed by atoms with E-state index in [0.717, 1.165) is 49.8 Å². The molecule has 1 saturated heterocycles. The highest BCUT2D eigenvalue weighted by atomic mass is 32.1. The highest BCUT2D eigenvalue weighted by molar-refractivity contribution is 7.10. The van der Waals surface area contributed by atoms with Gasteiger partial charge in [0.1, 0.15) is 10.7 Å². The zero-order chi connectivity index (χ0) is 13.0. The molecule has 1 amide bonds. The summed E-state index contributed by atoms with van der Waals surface area (Å²) in [6, 6.07) is 0. The Hall–Kier alpha value is -1.25. The molecule has 8 heteroatoms. The van der Waals surface area contributed by atoms with Crippen molar-refractivity contribution in [1.29, 1.82) is 0 Å². The molecule has 18 heavy (non-hydrogen) atoms. The summed E-state index contributed by atoms with van der Waals surface area (Å²) in [6.07, 6.45) is 0.989. The SMILES string of the molecule is CC(=O)N1CCCN(Cc2nnsc2NN)CC1. The van der Waals surface area contributed by atoms with Gasteiger partial charge in [-0.05, 0) is 6.42 Å². The molecule has 0 spiro atoms. The van der Waals surface area contributed by atoms with Crippen molar-refractivity contribution >= 4 is 22.4 Å². The molecule has 2 rings (SSSR count). The fourth-order valence-electron chi connectivity index (χ4n) is 2.08. The Morgan fingerprint density at radius 3 is 3.00 bits per heavy atom. The Balaban J connectivity index is 1.93. The normalized spacial score (nSPS) is 17.6. The van der Waals surface area contributed by atoms with Crippen LogP contribution in [0.25, 0.3) is 0 Å². The maximum absolute atomic E-state index is 11.3. The summed E-state index contributed by atoms with van der Waals surface area (Å²) >= 11 is 1.26. The predicted octanol–water partition coefficient (Wildman–Crippen LogP) is -0.122. The van der Waals surface area contributed by atoms with Crippen LogP contribution >= 0.6 is 11.5 Å². The molecule has 1 aromatic heterocycles. The molecule has 100 valence electrons. The molecule has 0 bridgehead atoms. The summed E-state index contributed by atoms with van der Waals surface area (Å²) in [5.41, 5.74) is 3.48. The molecule has 0 unspecified atom stereocenters. The third-order valence-corrected chi connectivity index (χ3v) is 3.79. The van der Waals surface area contributed by atoms with E-state index in [1.807, 2.05) is 4.90 Å². The molecule has 1 aromatic rings. The smallest absolute Gasteiger partial charge is 0.219 e. The van der Waals surface area contributed by atoms with Gasteiger partial charge in [0.05, 0.1) is 0 Å². The van der Waals surface area contributed by atoms with Crippen molar-refractivity contribution in [3.05, 3.63) is 5.69 Å². The lowest BCUT2D eigenvalue weighted by Crippen LogP contribution is -2.33. The second-order valence-corrected chi connectivity index (χ2v) is 5.08. The fraction of sp³-hybridized carbons (Fsp3) is 0.700. The lowest BCUT2D eigenvalue weighted by Gasteiger charge is -2.20. The Morgan fingerprint density at radius 2 is 2.28 bits per heavy atom. The Kier molecular flexibility index (Phi) is 4.45. The van der Waals surface area contributed by atoms with Gasteiger partial charge in [0.2, 0.25) is 5.91 Å². The lowest BCUT2D eigenvalue weighted by molar-refractivity contribution is -0.128. The molecule has 0 atom stereocenters. The predicted molar refractivity (Wildman–Crippen MR) is 69.9 cm³/mol. The van der Waals surface area contributed by atoms with Crippen molar-refractivity contribution in [2.45, 2.75) is 19.9 Å². The number of nitrogens with two attached hydrogens (primary N) is 1. The molecule has 0 radical (unpaired) electrons. The minimum absolute atomic E-state index is 0.150. The summed E-state index contributed by atoms with van der Waals surface area (Å²) in [4.78, 5) is 15.5. The summed E-state index contributed by atoms with van der Waals surface area (Å²) in [7, 11) is 0. The van der Waals surface area contributed by atoms with E-state index < -0.39 is 0 Å². The number of nitrogen functional groups attached to an aromatic ring is 1. The fourth-order valence-corrected chi connectivity index (χ4v) is 2.56. The van der Waals surface area contributed by atoms with Gasteiger partial charge in [0.15, 0.2) is 0 Å². The van der Waals surface area contributed by atoms with Crippen LogP contribution in [0.2, 0.25) is 0 Å². The minimum Gasteiger partial charge on any atom is -0.342 e. The van der Waals surface area contributed by atoms with Crippen molar-refractivity contribution in [3.63, 3.8) is 0 Å². The molecule has 7 nitrogen and oxygen atoms in total. The van der Waals surface area contributed by atoms with E-state index >= 15 is 0 Å². The molecular formula is C10H18N6OS. The van der Waals surface area contributed by atoms with Gasteiger partial charge in [0.25, 0.3) is 0 Å². The first-order chi connectivity index (χ1) is 8.70. The Morgan fingerprint density at radius 1 is 1.44 bits per heavy atom. The van der Waals surface area contributed by atoms with Crippen molar-refractivity contribution in [3.8, 4) is 0 Å². The monoisotopic (exact) mass is 270 g/mol. The number of hydrogen-bond donors (Lipinski definition) is 2. The summed E-state index contributed by atoms with van der Waals surface area (Å²) in [5.74, 6) is 5.55. The molecule has 1 fully saturated rings. The molecule has 0 aliphatic carbocycles. The van der Waals surface area contributed by atoms with E-state index in [2.05, 4.69) is 19.9 Å². The van der Waals surface area contributed by atoms with Crippen molar-refractivity contribution in [1.82, 2.24) is 19.4 Å². The van der Waals surface area contributed by atoms with E-state index in [-0.39, 0.29) is 5.91 Å². The second-order valence-electron chi connectivity index (χ2n) is 4.33. The first-order valence-electron chi connectivity index (χ1n) is 5.96. The van der Waals surface area contributed by atoms with Crippen LogP contribution in [0.5, 0.6) is 0 Å². The van der Waals surface area contributed by atoms with Crippen LogP contribution in [-0.2, 0) is 11.3 Å².